The van der Waals surface area contributed by atoms with Crippen molar-refractivity contribution in [3.8, 4) is 0 Å². The van der Waals surface area contributed by atoms with Crippen LogP contribution in [0.3, 0.4) is 0 Å². The fraction of sp³-hybridized carbons (Fsp3) is 0.400. The molecular formula is C25H27N5OS. The molecule has 4 aromatic rings. The Balaban J connectivity index is 1.25. The molecule has 1 unspecified atom stereocenters. The van der Waals surface area contributed by atoms with Crippen LogP contribution in [0, 0.1) is 6.92 Å². The molecule has 0 radical (unpaired) electrons. The van der Waals surface area contributed by atoms with Crippen LogP contribution >= 0.6 is 11.3 Å². The van der Waals surface area contributed by atoms with E-state index in [1.165, 1.54) is 27.1 Å². The van der Waals surface area contributed by atoms with Crippen LogP contribution < -0.4 is 10.9 Å². The first kappa shape index (κ1) is 19.9. The summed E-state index contributed by atoms with van der Waals surface area (Å²) in [5, 5.41) is 9.01. The summed E-state index contributed by atoms with van der Waals surface area (Å²) in [6.07, 6.45) is 8.63. The monoisotopic (exact) mass is 445 g/mol. The van der Waals surface area contributed by atoms with Crippen molar-refractivity contribution in [3.63, 3.8) is 0 Å². The number of hydrogen-bond donors (Lipinski definition) is 1. The third-order valence-corrected chi connectivity index (χ3v) is 8.28. The molecule has 0 spiro atoms. The molecule has 7 heteroatoms. The predicted molar refractivity (Wildman–Crippen MR) is 127 cm³/mol. The first-order chi connectivity index (χ1) is 15.6. The van der Waals surface area contributed by atoms with Gasteiger partial charge >= 0.3 is 0 Å². The molecule has 0 saturated heterocycles. The third-order valence-electron chi connectivity index (χ3n) is 7.11. The number of nitrogens with one attached hydrogen (secondary N) is 1. The van der Waals surface area contributed by atoms with E-state index in [4.69, 9.17) is 4.98 Å². The maximum absolute atomic E-state index is 13.5. The van der Waals surface area contributed by atoms with Crippen LogP contribution in [0.2, 0.25) is 0 Å². The minimum atomic E-state index is 0.141. The number of fused-ring (bicyclic) bond motifs is 4. The van der Waals surface area contributed by atoms with Crippen molar-refractivity contribution in [2.24, 2.45) is 7.05 Å². The Bertz CT molecular complexity index is 1360. The molecule has 6 nitrogen and oxygen atoms in total. The standard InChI is InChI=1S/C25H27N5OS/c1-15-18(13-29(2)28-15)12-26-19-7-8-21-22(11-19)32-24-23(21)25(31)30(14-27-24)20-9-16-5-3-4-6-17(16)10-20/h3-6,13-14,19-20,26H,7-12H2,1-2H3. The Morgan fingerprint density at radius 3 is 2.69 bits per heavy atom. The largest absolute Gasteiger partial charge is 0.309 e. The smallest absolute Gasteiger partial charge is 0.262 e. The Morgan fingerprint density at radius 1 is 1.19 bits per heavy atom. The normalized spacial score (nSPS) is 18.2. The summed E-state index contributed by atoms with van der Waals surface area (Å²) in [5.41, 5.74) is 6.42. The molecule has 2 aliphatic carbocycles. The second kappa shape index (κ2) is 7.67. The number of thiophene rings is 1. The van der Waals surface area contributed by atoms with Gasteiger partial charge in [-0.1, -0.05) is 24.3 Å². The fourth-order valence-corrected chi connectivity index (χ4v) is 6.68. The summed E-state index contributed by atoms with van der Waals surface area (Å²) in [6, 6.07) is 9.12. The van der Waals surface area contributed by atoms with Gasteiger partial charge in [0.15, 0.2) is 0 Å². The van der Waals surface area contributed by atoms with Crippen LogP contribution in [-0.2, 0) is 39.3 Å². The number of aryl methyl sites for hydroxylation is 3. The molecule has 0 bridgehead atoms. The Hall–Kier alpha value is -2.77. The van der Waals surface area contributed by atoms with Crippen LogP contribution in [0.5, 0.6) is 0 Å². The lowest BCUT2D eigenvalue weighted by Gasteiger charge is -2.23. The number of aromatic nitrogens is 4. The van der Waals surface area contributed by atoms with Crippen molar-refractivity contribution in [2.45, 2.75) is 57.7 Å². The van der Waals surface area contributed by atoms with E-state index < -0.39 is 0 Å². The summed E-state index contributed by atoms with van der Waals surface area (Å²) in [6.45, 7) is 2.89. The van der Waals surface area contributed by atoms with Gasteiger partial charge in [0.05, 0.1) is 17.4 Å². The SMILES string of the molecule is Cc1nn(C)cc1CNC1CCc2c(sc3ncn(C4Cc5ccccc5C4)c(=O)c23)C1. The van der Waals surface area contributed by atoms with Crippen LogP contribution in [0.25, 0.3) is 10.2 Å². The van der Waals surface area contributed by atoms with E-state index in [0.29, 0.717) is 6.04 Å². The summed E-state index contributed by atoms with van der Waals surface area (Å²) < 4.78 is 3.77. The zero-order valence-corrected chi connectivity index (χ0v) is 19.3. The maximum Gasteiger partial charge on any atom is 0.262 e. The fourth-order valence-electron chi connectivity index (χ4n) is 5.42. The van der Waals surface area contributed by atoms with Gasteiger partial charge in [-0.25, -0.2) is 4.98 Å². The second-order valence-electron chi connectivity index (χ2n) is 9.21. The predicted octanol–water partition coefficient (Wildman–Crippen LogP) is 3.49. The molecule has 6 rings (SSSR count). The number of rotatable bonds is 4. The molecule has 0 fully saturated rings. The highest BCUT2D eigenvalue weighted by Crippen LogP contribution is 2.35. The molecule has 0 aliphatic heterocycles. The van der Waals surface area contributed by atoms with Gasteiger partial charge in [0.2, 0.25) is 0 Å². The first-order valence-corrected chi connectivity index (χ1v) is 12.2. The highest BCUT2D eigenvalue weighted by Gasteiger charge is 2.28. The van der Waals surface area contributed by atoms with Crippen molar-refractivity contribution in [2.75, 3.05) is 0 Å². The molecule has 164 valence electrons. The maximum atomic E-state index is 13.5. The Labute approximate surface area is 190 Å². The summed E-state index contributed by atoms with van der Waals surface area (Å²) >= 11 is 1.70. The Kier molecular flexibility index (Phi) is 4.77. The average Bonchev–Trinajstić information content (AvgIpc) is 3.46. The zero-order chi connectivity index (χ0) is 21.8. The van der Waals surface area contributed by atoms with Crippen molar-refractivity contribution in [3.05, 3.63) is 80.0 Å². The minimum Gasteiger partial charge on any atom is -0.309 e. The van der Waals surface area contributed by atoms with Gasteiger partial charge in [-0.15, -0.1) is 11.3 Å². The lowest BCUT2D eigenvalue weighted by atomic mass is 9.93. The molecule has 3 heterocycles. The highest BCUT2D eigenvalue weighted by atomic mass is 32.1. The zero-order valence-electron chi connectivity index (χ0n) is 18.5. The van der Waals surface area contributed by atoms with E-state index in [-0.39, 0.29) is 11.6 Å². The van der Waals surface area contributed by atoms with Crippen molar-refractivity contribution in [1.82, 2.24) is 24.6 Å². The molecule has 32 heavy (non-hydrogen) atoms. The molecule has 1 aromatic carbocycles. The molecule has 1 atom stereocenters. The lowest BCUT2D eigenvalue weighted by molar-refractivity contribution is 0.462. The molecule has 3 aromatic heterocycles. The van der Waals surface area contributed by atoms with Gasteiger partial charge in [-0.3, -0.25) is 14.0 Å². The average molecular weight is 446 g/mol. The second-order valence-corrected chi connectivity index (χ2v) is 10.3. The van der Waals surface area contributed by atoms with E-state index in [1.54, 1.807) is 17.7 Å². The molecule has 0 saturated carbocycles. The summed E-state index contributed by atoms with van der Waals surface area (Å²) in [4.78, 5) is 20.5. The van der Waals surface area contributed by atoms with Gasteiger partial charge in [0.25, 0.3) is 5.56 Å². The van der Waals surface area contributed by atoms with E-state index in [1.807, 2.05) is 16.3 Å². The first-order valence-electron chi connectivity index (χ1n) is 11.4. The topological polar surface area (TPSA) is 64.7 Å². The van der Waals surface area contributed by atoms with Gasteiger partial charge in [-0.05, 0) is 55.7 Å². The van der Waals surface area contributed by atoms with E-state index in [9.17, 15) is 4.79 Å². The van der Waals surface area contributed by atoms with Gasteiger partial charge in [-0.2, -0.15) is 5.10 Å². The minimum absolute atomic E-state index is 0.141. The lowest BCUT2D eigenvalue weighted by Crippen LogP contribution is -2.34. The molecular weight excluding hydrogens is 418 g/mol. The number of benzene rings is 1. The van der Waals surface area contributed by atoms with Crippen molar-refractivity contribution in [1.29, 1.82) is 0 Å². The van der Waals surface area contributed by atoms with Crippen LogP contribution in [-0.4, -0.2) is 25.4 Å². The number of hydrogen-bond acceptors (Lipinski definition) is 5. The van der Waals surface area contributed by atoms with Crippen LogP contribution in [0.1, 0.15) is 45.3 Å². The van der Waals surface area contributed by atoms with Gasteiger partial charge < -0.3 is 5.32 Å². The molecule has 1 N–H and O–H groups in total. The molecule has 0 amide bonds. The van der Waals surface area contributed by atoms with E-state index in [0.717, 1.165) is 54.6 Å². The highest BCUT2D eigenvalue weighted by molar-refractivity contribution is 7.18. The third kappa shape index (κ3) is 3.31. The van der Waals surface area contributed by atoms with Crippen LogP contribution in [0.4, 0.5) is 0 Å². The summed E-state index contributed by atoms with van der Waals surface area (Å²) in [7, 11) is 1.96. The van der Waals surface area contributed by atoms with E-state index >= 15 is 0 Å². The van der Waals surface area contributed by atoms with Gasteiger partial charge in [0.1, 0.15) is 4.83 Å². The van der Waals surface area contributed by atoms with E-state index in [2.05, 4.69) is 47.8 Å². The number of nitrogens with zero attached hydrogens (tertiary/aromatic N) is 4. The quantitative estimate of drug-likeness (QED) is 0.522. The molecule has 2 aliphatic rings. The van der Waals surface area contributed by atoms with Crippen molar-refractivity contribution < 1.29 is 0 Å². The van der Waals surface area contributed by atoms with Gasteiger partial charge in [0, 0.05) is 42.3 Å². The summed E-state index contributed by atoms with van der Waals surface area (Å²) in [5.74, 6) is 0. The van der Waals surface area contributed by atoms with Crippen LogP contribution in [0.15, 0.2) is 41.6 Å². The van der Waals surface area contributed by atoms with Crippen molar-refractivity contribution >= 4 is 21.6 Å². The Morgan fingerprint density at radius 2 is 1.97 bits per heavy atom.